The third-order valence-electron chi connectivity index (χ3n) is 16.6. The van der Waals surface area contributed by atoms with E-state index in [0.717, 1.165) is 57.8 Å². The molecule has 77 heavy (non-hydrogen) atoms. The number of hydrogen-bond donors (Lipinski definition) is 0. The molecular weight excluding hydrogens is 949 g/mol. The lowest BCUT2D eigenvalue weighted by molar-refractivity contribution is -0.167. The first-order valence-electron chi connectivity index (χ1n) is 35.5. The maximum absolute atomic E-state index is 12.8. The second-order valence-corrected chi connectivity index (χ2v) is 24.5. The molecule has 0 bridgehead atoms. The van der Waals surface area contributed by atoms with Crippen molar-refractivity contribution in [3.8, 4) is 0 Å². The maximum Gasteiger partial charge on any atom is 0.306 e. The maximum atomic E-state index is 12.8. The first-order valence-corrected chi connectivity index (χ1v) is 35.5. The van der Waals surface area contributed by atoms with Gasteiger partial charge in [0, 0.05) is 19.3 Å². The van der Waals surface area contributed by atoms with Gasteiger partial charge in [-0.15, -0.1) is 0 Å². The number of carbonyl (C=O) groups is 3. The molecule has 0 radical (unpaired) electrons. The average molecular weight is 1090 g/mol. The van der Waals surface area contributed by atoms with Gasteiger partial charge in [-0.1, -0.05) is 380 Å². The Balaban J connectivity index is 3.88. The van der Waals surface area contributed by atoms with E-state index in [1.807, 2.05) is 0 Å². The van der Waals surface area contributed by atoms with Crippen molar-refractivity contribution >= 4 is 17.9 Å². The van der Waals surface area contributed by atoms with E-state index in [-0.39, 0.29) is 31.1 Å². The van der Waals surface area contributed by atoms with Crippen molar-refractivity contribution in [3.05, 3.63) is 0 Å². The van der Waals surface area contributed by atoms with Crippen LogP contribution in [0.2, 0.25) is 0 Å². The van der Waals surface area contributed by atoms with Crippen LogP contribution in [0.5, 0.6) is 0 Å². The van der Waals surface area contributed by atoms with Crippen LogP contribution in [0.15, 0.2) is 0 Å². The zero-order valence-corrected chi connectivity index (χ0v) is 52.8. The van der Waals surface area contributed by atoms with E-state index in [9.17, 15) is 14.4 Å². The first-order chi connectivity index (χ1) is 38.0. The molecule has 0 heterocycles. The summed E-state index contributed by atoms with van der Waals surface area (Å²) in [6.07, 6.45) is 79.0. The lowest BCUT2D eigenvalue weighted by Gasteiger charge is -2.18. The smallest absolute Gasteiger partial charge is 0.306 e. The highest BCUT2D eigenvalue weighted by Gasteiger charge is 2.19. The summed E-state index contributed by atoms with van der Waals surface area (Å²) >= 11 is 0. The fraction of sp³-hybridized carbons (Fsp3) is 0.958. The SMILES string of the molecule is CCCCCCCCCCCCCCCCCCCCCCCCCCCCCCCCCCCCCC(=O)OCC(COC(=O)CCCCCCCCC)OC(=O)CCCCCCCCCCCCCCCCCCC. The lowest BCUT2D eigenvalue weighted by atomic mass is 10.0. The number of rotatable bonds is 67. The van der Waals surface area contributed by atoms with Gasteiger partial charge in [-0.3, -0.25) is 14.4 Å². The summed E-state index contributed by atoms with van der Waals surface area (Å²) < 4.78 is 16.9. The molecule has 0 spiro atoms. The van der Waals surface area contributed by atoms with Gasteiger partial charge in [-0.25, -0.2) is 0 Å². The molecule has 1 unspecified atom stereocenters. The summed E-state index contributed by atoms with van der Waals surface area (Å²) in [6.45, 7) is 6.68. The molecule has 0 aromatic carbocycles. The minimum atomic E-state index is -0.761. The molecule has 6 heteroatoms. The minimum absolute atomic E-state index is 0.0615. The molecule has 0 aliphatic rings. The van der Waals surface area contributed by atoms with Gasteiger partial charge in [0.2, 0.25) is 0 Å². The van der Waals surface area contributed by atoms with Gasteiger partial charge in [-0.05, 0) is 19.3 Å². The minimum Gasteiger partial charge on any atom is -0.462 e. The zero-order chi connectivity index (χ0) is 55.7. The summed E-state index contributed by atoms with van der Waals surface area (Å²) in [7, 11) is 0. The van der Waals surface area contributed by atoms with Crippen molar-refractivity contribution in [2.45, 2.75) is 425 Å². The van der Waals surface area contributed by atoms with Crippen LogP contribution >= 0.6 is 0 Å². The van der Waals surface area contributed by atoms with Crippen molar-refractivity contribution in [2.75, 3.05) is 13.2 Å². The van der Waals surface area contributed by atoms with Crippen molar-refractivity contribution in [1.82, 2.24) is 0 Å². The van der Waals surface area contributed by atoms with Crippen molar-refractivity contribution in [1.29, 1.82) is 0 Å². The summed E-state index contributed by atoms with van der Waals surface area (Å²) in [4.78, 5) is 38.1. The Kier molecular flexibility index (Phi) is 65.5. The summed E-state index contributed by atoms with van der Waals surface area (Å²) in [5.74, 6) is -0.836. The fourth-order valence-electron chi connectivity index (χ4n) is 11.3. The largest absolute Gasteiger partial charge is 0.462 e. The van der Waals surface area contributed by atoms with E-state index in [0.29, 0.717) is 19.3 Å². The normalized spacial score (nSPS) is 11.9. The molecule has 0 N–H and O–H groups in total. The number of carbonyl (C=O) groups excluding carboxylic acids is 3. The summed E-state index contributed by atoms with van der Waals surface area (Å²) in [5.41, 5.74) is 0. The van der Waals surface area contributed by atoms with E-state index in [4.69, 9.17) is 14.2 Å². The molecule has 0 aromatic heterocycles. The standard InChI is InChI=1S/C71H138O6/c1-4-7-10-13-16-18-20-22-24-26-27-28-29-30-31-32-33-34-35-36-37-38-39-40-41-42-43-45-46-48-50-52-55-58-61-64-70(73)76-67-68(66-75-69(72)63-60-57-54-15-12-9-6-3)77-71(74)65-62-59-56-53-51-49-47-44-25-23-21-19-17-14-11-8-5-2/h68H,4-67H2,1-3H3. The molecule has 0 aliphatic carbocycles. The monoisotopic (exact) mass is 1090 g/mol. The Morgan fingerprint density at radius 2 is 0.351 bits per heavy atom. The van der Waals surface area contributed by atoms with Crippen molar-refractivity contribution in [3.63, 3.8) is 0 Å². The molecule has 0 saturated carbocycles. The number of ether oxygens (including phenoxy) is 3. The highest BCUT2D eigenvalue weighted by atomic mass is 16.6. The topological polar surface area (TPSA) is 78.9 Å². The van der Waals surface area contributed by atoms with Gasteiger partial charge in [-0.2, -0.15) is 0 Å². The van der Waals surface area contributed by atoms with Crippen LogP contribution in [-0.4, -0.2) is 37.2 Å². The second kappa shape index (κ2) is 66.9. The van der Waals surface area contributed by atoms with E-state index < -0.39 is 6.10 Å². The van der Waals surface area contributed by atoms with Gasteiger partial charge in [0.15, 0.2) is 6.10 Å². The predicted octanol–water partition coefficient (Wildman–Crippen LogP) is 24.2. The second-order valence-electron chi connectivity index (χ2n) is 24.5. The molecule has 0 aliphatic heterocycles. The molecule has 0 fully saturated rings. The molecule has 0 amide bonds. The number of unbranched alkanes of at least 4 members (excludes halogenated alkanes) is 56. The van der Waals surface area contributed by atoms with Crippen LogP contribution in [0.25, 0.3) is 0 Å². The molecule has 6 nitrogen and oxygen atoms in total. The van der Waals surface area contributed by atoms with Gasteiger partial charge < -0.3 is 14.2 Å². The third-order valence-corrected chi connectivity index (χ3v) is 16.6. The van der Waals surface area contributed by atoms with Crippen LogP contribution < -0.4 is 0 Å². The van der Waals surface area contributed by atoms with Crippen LogP contribution in [-0.2, 0) is 28.6 Å². The Hall–Kier alpha value is -1.59. The van der Waals surface area contributed by atoms with E-state index >= 15 is 0 Å². The molecule has 0 rings (SSSR count). The average Bonchev–Trinajstić information content (AvgIpc) is 3.43. The Bertz CT molecular complexity index is 1160. The predicted molar refractivity (Wildman–Crippen MR) is 335 cm³/mol. The van der Waals surface area contributed by atoms with Crippen LogP contribution in [0.3, 0.4) is 0 Å². The Morgan fingerprint density at radius 3 is 0.519 bits per heavy atom. The number of hydrogen-bond acceptors (Lipinski definition) is 6. The van der Waals surface area contributed by atoms with E-state index in [1.54, 1.807) is 0 Å². The third kappa shape index (κ3) is 65.1. The number of esters is 3. The van der Waals surface area contributed by atoms with Gasteiger partial charge >= 0.3 is 17.9 Å². The van der Waals surface area contributed by atoms with Gasteiger partial charge in [0.05, 0.1) is 0 Å². The van der Waals surface area contributed by atoms with Crippen molar-refractivity contribution < 1.29 is 28.6 Å². The summed E-state index contributed by atoms with van der Waals surface area (Å²) in [5, 5.41) is 0. The summed E-state index contributed by atoms with van der Waals surface area (Å²) in [6, 6.07) is 0. The van der Waals surface area contributed by atoms with Crippen LogP contribution in [0.4, 0.5) is 0 Å². The molecular formula is C71H138O6. The van der Waals surface area contributed by atoms with Crippen LogP contribution in [0.1, 0.15) is 419 Å². The lowest BCUT2D eigenvalue weighted by Crippen LogP contribution is -2.30. The fourth-order valence-corrected chi connectivity index (χ4v) is 11.3. The quantitative estimate of drug-likeness (QED) is 0.0343. The van der Waals surface area contributed by atoms with Crippen molar-refractivity contribution in [2.24, 2.45) is 0 Å². The molecule has 458 valence electrons. The Labute approximate surface area is 482 Å². The highest BCUT2D eigenvalue weighted by Crippen LogP contribution is 2.20. The van der Waals surface area contributed by atoms with E-state index in [1.165, 1.54) is 321 Å². The first kappa shape index (κ1) is 75.4. The molecule has 0 saturated heterocycles. The molecule has 0 aromatic rings. The van der Waals surface area contributed by atoms with E-state index in [2.05, 4.69) is 20.8 Å². The van der Waals surface area contributed by atoms with Gasteiger partial charge in [0.25, 0.3) is 0 Å². The van der Waals surface area contributed by atoms with Crippen LogP contribution in [0, 0.1) is 0 Å². The Morgan fingerprint density at radius 1 is 0.208 bits per heavy atom. The highest BCUT2D eigenvalue weighted by molar-refractivity contribution is 5.71. The zero-order valence-electron chi connectivity index (χ0n) is 52.8. The molecule has 1 atom stereocenters. The van der Waals surface area contributed by atoms with Gasteiger partial charge in [0.1, 0.15) is 13.2 Å².